The predicted octanol–water partition coefficient (Wildman–Crippen LogP) is 2.87. The van der Waals surface area contributed by atoms with E-state index in [1.54, 1.807) is 0 Å². The van der Waals surface area contributed by atoms with E-state index >= 15 is 0 Å². The Labute approximate surface area is 183 Å². The van der Waals surface area contributed by atoms with E-state index in [-0.39, 0.29) is 37.3 Å². The minimum Gasteiger partial charge on any atom is -0.459 e. The lowest BCUT2D eigenvalue weighted by molar-refractivity contribution is -0.155. The highest BCUT2D eigenvalue weighted by molar-refractivity contribution is 6.05. The molecule has 0 bridgehead atoms. The van der Waals surface area contributed by atoms with Gasteiger partial charge in [-0.3, -0.25) is 4.79 Å². The number of nitrogens with zero attached hydrogens (tertiary/aromatic N) is 1. The van der Waals surface area contributed by atoms with Gasteiger partial charge in [0.15, 0.2) is 6.10 Å². The van der Waals surface area contributed by atoms with Crippen LogP contribution in [-0.4, -0.2) is 41.9 Å². The molecule has 0 unspecified atom stereocenters. The maximum Gasteiger partial charge on any atom is 0.335 e. The molecule has 7 nitrogen and oxygen atoms in total. The van der Waals surface area contributed by atoms with Gasteiger partial charge >= 0.3 is 5.97 Å². The van der Waals surface area contributed by atoms with Gasteiger partial charge in [0.25, 0.3) is 5.91 Å². The summed E-state index contributed by atoms with van der Waals surface area (Å²) in [5.74, 6) is -2.43. The molecule has 2 aliphatic heterocycles. The van der Waals surface area contributed by atoms with Crippen LogP contribution in [0.15, 0.2) is 53.7 Å². The predicted molar refractivity (Wildman–Crippen MR) is 110 cm³/mol. The van der Waals surface area contributed by atoms with Gasteiger partial charge in [-0.1, -0.05) is 35.5 Å². The molecule has 9 heteroatoms. The number of carbonyl (C=O) groups excluding carboxylic acids is 2. The smallest absolute Gasteiger partial charge is 0.335 e. The van der Waals surface area contributed by atoms with Gasteiger partial charge in [-0.25, -0.2) is 13.6 Å². The average Bonchev–Trinajstić information content (AvgIpc) is 3.40. The first-order valence-corrected chi connectivity index (χ1v) is 10.2. The molecular weight excluding hydrogens is 422 g/mol. The maximum atomic E-state index is 13.5. The Kier molecular flexibility index (Phi) is 6.18. The summed E-state index contributed by atoms with van der Waals surface area (Å²) in [7, 11) is 0. The molecule has 0 aliphatic carbocycles. The highest BCUT2D eigenvalue weighted by atomic mass is 19.1. The average molecular weight is 444 g/mol. The Bertz CT molecular complexity index is 1030. The van der Waals surface area contributed by atoms with Gasteiger partial charge in [0.1, 0.15) is 18.2 Å². The molecule has 4 rings (SSSR count). The molecule has 0 radical (unpaired) electrons. The molecule has 1 fully saturated rings. The Morgan fingerprint density at radius 2 is 1.91 bits per heavy atom. The number of rotatable bonds is 6. The van der Waals surface area contributed by atoms with Crippen LogP contribution in [-0.2, 0) is 30.5 Å². The quantitative estimate of drug-likeness (QED) is 0.693. The van der Waals surface area contributed by atoms with Crippen LogP contribution in [0.4, 0.5) is 8.78 Å². The fourth-order valence-corrected chi connectivity index (χ4v) is 3.59. The normalized spacial score (nSPS) is 24.5. The van der Waals surface area contributed by atoms with Crippen LogP contribution < -0.4 is 5.32 Å². The maximum absolute atomic E-state index is 13.5. The summed E-state index contributed by atoms with van der Waals surface area (Å²) in [4.78, 5) is 30.4. The van der Waals surface area contributed by atoms with Crippen molar-refractivity contribution in [2.45, 2.75) is 44.1 Å². The van der Waals surface area contributed by atoms with E-state index in [2.05, 4.69) is 10.5 Å². The number of carbonyl (C=O) groups is 2. The fraction of sp³-hybridized carbons (Fsp3) is 0.348. The summed E-state index contributed by atoms with van der Waals surface area (Å²) in [5, 5.41) is 6.65. The van der Waals surface area contributed by atoms with Crippen molar-refractivity contribution in [1.29, 1.82) is 0 Å². The molecular formula is C23H22F2N2O5. The van der Waals surface area contributed by atoms with Gasteiger partial charge in [-0.2, -0.15) is 0 Å². The lowest BCUT2D eigenvalue weighted by Crippen LogP contribution is -2.49. The van der Waals surface area contributed by atoms with Crippen LogP contribution in [0.5, 0.6) is 0 Å². The van der Waals surface area contributed by atoms with Gasteiger partial charge in [0, 0.05) is 24.5 Å². The van der Waals surface area contributed by atoms with Crippen LogP contribution in [0, 0.1) is 11.6 Å². The second-order valence-electron chi connectivity index (χ2n) is 8.02. The summed E-state index contributed by atoms with van der Waals surface area (Å²) >= 11 is 0. The highest BCUT2D eigenvalue weighted by Gasteiger charge is 2.44. The van der Waals surface area contributed by atoms with Gasteiger partial charge < -0.3 is 19.6 Å². The molecule has 32 heavy (non-hydrogen) atoms. The molecule has 0 aromatic heterocycles. The zero-order valence-electron chi connectivity index (χ0n) is 17.3. The molecule has 0 spiro atoms. The number of amides is 1. The number of oxime groups is 1. The van der Waals surface area contributed by atoms with Gasteiger partial charge in [0.2, 0.25) is 5.60 Å². The first-order chi connectivity index (χ1) is 15.3. The summed E-state index contributed by atoms with van der Waals surface area (Å²) < 4.78 is 37.8. The zero-order chi connectivity index (χ0) is 22.7. The third-order valence-electron chi connectivity index (χ3n) is 5.36. The van der Waals surface area contributed by atoms with Crippen LogP contribution in [0.3, 0.4) is 0 Å². The molecule has 2 aromatic carbocycles. The van der Waals surface area contributed by atoms with E-state index in [4.69, 9.17) is 14.3 Å². The van der Waals surface area contributed by atoms with Gasteiger partial charge in [-0.05, 0) is 24.6 Å². The summed E-state index contributed by atoms with van der Waals surface area (Å²) in [6.45, 7) is 1.83. The monoisotopic (exact) mass is 444 g/mol. The molecule has 1 amide bonds. The number of hydrogen-bond acceptors (Lipinski definition) is 6. The Balaban J connectivity index is 1.28. The number of hydrogen-bond donors (Lipinski definition) is 1. The number of esters is 1. The lowest BCUT2D eigenvalue weighted by Gasteiger charge is -2.22. The fourth-order valence-electron chi connectivity index (χ4n) is 3.59. The number of nitrogens with one attached hydrogen (secondary N) is 1. The summed E-state index contributed by atoms with van der Waals surface area (Å²) in [5.41, 5.74) is 0.00356. The largest absolute Gasteiger partial charge is 0.459 e. The minimum atomic E-state index is -1.34. The van der Waals surface area contributed by atoms with Crippen molar-refractivity contribution >= 4 is 17.6 Å². The van der Waals surface area contributed by atoms with Crippen molar-refractivity contribution in [2.24, 2.45) is 5.16 Å². The lowest BCUT2D eigenvalue weighted by atomic mass is 9.94. The van der Waals surface area contributed by atoms with Crippen LogP contribution in [0.1, 0.15) is 30.9 Å². The molecule has 1 saturated heterocycles. The molecule has 0 saturated carbocycles. The van der Waals surface area contributed by atoms with Crippen molar-refractivity contribution in [2.75, 3.05) is 6.61 Å². The molecule has 168 valence electrons. The van der Waals surface area contributed by atoms with Crippen molar-refractivity contribution in [1.82, 2.24) is 5.32 Å². The van der Waals surface area contributed by atoms with E-state index in [0.29, 0.717) is 0 Å². The van der Waals surface area contributed by atoms with Gasteiger partial charge in [-0.15, -0.1) is 0 Å². The van der Waals surface area contributed by atoms with Crippen LogP contribution in [0.2, 0.25) is 0 Å². The zero-order valence-corrected chi connectivity index (χ0v) is 17.3. The highest BCUT2D eigenvalue weighted by Crippen LogP contribution is 2.28. The van der Waals surface area contributed by atoms with E-state index in [9.17, 15) is 18.4 Å². The second kappa shape index (κ2) is 9.04. The Morgan fingerprint density at radius 3 is 2.62 bits per heavy atom. The summed E-state index contributed by atoms with van der Waals surface area (Å²) in [6.07, 6.45) is -0.473. The topological polar surface area (TPSA) is 86.2 Å². The number of benzene rings is 2. The second-order valence-corrected chi connectivity index (χ2v) is 8.02. The van der Waals surface area contributed by atoms with Crippen molar-refractivity contribution < 1.29 is 32.7 Å². The van der Waals surface area contributed by atoms with E-state index < -0.39 is 41.3 Å². The minimum absolute atomic E-state index is 0.0395. The molecule has 2 aliphatic rings. The first-order valence-electron chi connectivity index (χ1n) is 10.2. The van der Waals surface area contributed by atoms with Crippen molar-refractivity contribution in [3.63, 3.8) is 0 Å². The van der Waals surface area contributed by atoms with E-state index in [1.807, 2.05) is 30.3 Å². The van der Waals surface area contributed by atoms with E-state index in [0.717, 1.165) is 23.8 Å². The molecule has 2 aromatic rings. The van der Waals surface area contributed by atoms with Gasteiger partial charge in [0.05, 0.1) is 18.4 Å². The molecule has 3 atom stereocenters. The third kappa shape index (κ3) is 4.94. The van der Waals surface area contributed by atoms with Crippen LogP contribution >= 0.6 is 0 Å². The number of halogens is 2. The van der Waals surface area contributed by atoms with Crippen molar-refractivity contribution in [3.05, 3.63) is 71.3 Å². The molecule has 2 heterocycles. The number of ether oxygens (including phenoxy) is 2. The SMILES string of the molecule is C[C@]1(C(=O)N[C@H]2CO[C@@H](C(=O)OCc3ccccc3)C2)CC(c2cc(F)cc(F)c2)=NO1. The Morgan fingerprint density at radius 1 is 1.19 bits per heavy atom. The van der Waals surface area contributed by atoms with Crippen molar-refractivity contribution in [3.8, 4) is 0 Å². The Hall–Kier alpha value is -3.33. The molecule has 1 N–H and O–H groups in total. The first kappa shape index (κ1) is 21.9. The third-order valence-corrected chi connectivity index (χ3v) is 5.36. The summed E-state index contributed by atoms with van der Waals surface area (Å²) in [6, 6.07) is 11.9. The standard InChI is InChI=1S/C23H22F2N2O5/c1-23(11-19(27-32-23)15-7-16(24)9-17(25)8-15)22(29)26-18-10-20(30-13-18)21(28)31-12-14-5-3-2-4-6-14/h2-9,18,20H,10-13H2,1H3,(H,26,29)/t18-,20-,23-/m1/s1. The van der Waals surface area contributed by atoms with Crippen LogP contribution in [0.25, 0.3) is 0 Å². The van der Waals surface area contributed by atoms with E-state index in [1.165, 1.54) is 6.92 Å².